The number of benzene rings is 2. The lowest BCUT2D eigenvalue weighted by molar-refractivity contribution is -0.149. The van der Waals surface area contributed by atoms with E-state index in [1.807, 2.05) is 25.1 Å². The fourth-order valence-corrected chi connectivity index (χ4v) is 3.42. The first-order valence-electron chi connectivity index (χ1n) is 12.2. The van der Waals surface area contributed by atoms with E-state index in [4.69, 9.17) is 18.9 Å². The van der Waals surface area contributed by atoms with Crippen molar-refractivity contribution in [2.24, 2.45) is 5.41 Å². The van der Waals surface area contributed by atoms with Crippen LogP contribution in [0.2, 0.25) is 0 Å². The number of hydrogen-bond acceptors (Lipinski definition) is 6. The lowest BCUT2D eigenvalue weighted by atomic mass is 9.92. The summed E-state index contributed by atoms with van der Waals surface area (Å²) in [6.45, 7) is 11.5. The molecule has 0 aliphatic carbocycles. The minimum Gasteiger partial charge on any atom is -0.493 e. The highest BCUT2D eigenvalue weighted by molar-refractivity contribution is 5.73. The van der Waals surface area contributed by atoms with Crippen LogP contribution in [0, 0.1) is 12.3 Å². The maximum absolute atomic E-state index is 13.0. The molecule has 0 saturated heterocycles. The maximum Gasteiger partial charge on any atom is 0.415 e. The molecule has 36 heavy (non-hydrogen) atoms. The topological polar surface area (TPSA) is 94.5 Å². The first kappa shape index (κ1) is 29.0. The molecule has 1 atom stereocenters. The Hall–Kier alpha value is -3.26. The summed E-state index contributed by atoms with van der Waals surface area (Å²) >= 11 is 0. The molecule has 0 spiro atoms. The van der Waals surface area contributed by atoms with Crippen molar-refractivity contribution in [3.05, 3.63) is 53.6 Å². The molecule has 2 rings (SSSR count). The number of aryl methyl sites for hydroxylation is 1. The third kappa shape index (κ3) is 9.77. The monoisotopic (exact) mass is 501 g/mol. The lowest BCUT2D eigenvalue weighted by Crippen LogP contribution is -2.38. The molecule has 0 aliphatic rings. The highest BCUT2D eigenvalue weighted by atomic mass is 16.6. The Morgan fingerprint density at radius 2 is 1.72 bits per heavy atom. The summed E-state index contributed by atoms with van der Waals surface area (Å²) in [6, 6.07) is 12.7. The fraction of sp³-hybridized carbons (Fsp3) is 0.500. The second-order valence-corrected chi connectivity index (χ2v) is 9.80. The predicted molar refractivity (Wildman–Crippen MR) is 138 cm³/mol. The number of methoxy groups -OCH3 is 1. The predicted octanol–water partition coefficient (Wildman–Crippen LogP) is 5.35. The summed E-state index contributed by atoms with van der Waals surface area (Å²) < 4.78 is 22.2. The van der Waals surface area contributed by atoms with Crippen molar-refractivity contribution in [3.63, 3.8) is 0 Å². The molecular weight excluding hydrogens is 462 g/mol. The minimum absolute atomic E-state index is 0.0472. The van der Waals surface area contributed by atoms with Crippen LogP contribution in [0.3, 0.4) is 0 Å². The first-order chi connectivity index (χ1) is 17.0. The van der Waals surface area contributed by atoms with Gasteiger partial charge < -0.3 is 29.0 Å². The Morgan fingerprint density at radius 1 is 1.03 bits per heavy atom. The summed E-state index contributed by atoms with van der Waals surface area (Å²) in [5.74, 6) is 0.524. The Balaban J connectivity index is 2.00. The molecule has 0 bridgehead atoms. The van der Waals surface area contributed by atoms with Crippen LogP contribution in [0.1, 0.15) is 45.2 Å². The minimum atomic E-state index is -0.984. The van der Waals surface area contributed by atoms with Crippen LogP contribution in [-0.2, 0) is 16.0 Å². The van der Waals surface area contributed by atoms with Gasteiger partial charge in [0, 0.05) is 19.6 Å². The van der Waals surface area contributed by atoms with Crippen molar-refractivity contribution < 1.29 is 33.6 Å². The first-order valence-corrected chi connectivity index (χ1v) is 12.2. The molecule has 0 fully saturated rings. The van der Waals surface area contributed by atoms with Gasteiger partial charge in [0.2, 0.25) is 0 Å². The van der Waals surface area contributed by atoms with E-state index in [2.05, 4.69) is 20.8 Å². The second-order valence-electron chi connectivity index (χ2n) is 9.80. The number of hydrogen-bond donors (Lipinski definition) is 1. The Labute approximate surface area is 214 Å². The van der Waals surface area contributed by atoms with Gasteiger partial charge in [-0.1, -0.05) is 39.0 Å². The van der Waals surface area contributed by atoms with Gasteiger partial charge in [0.1, 0.15) is 12.4 Å². The SMILES string of the molecule is CCOC(Cc1ccc(OCCN(CCC(C)(C)C)C(=O)Oc2cc(C)ccc2OC)cc1)C(=O)O. The van der Waals surface area contributed by atoms with E-state index >= 15 is 0 Å². The molecule has 8 heteroatoms. The zero-order valence-electron chi connectivity index (χ0n) is 22.2. The number of carboxylic acids is 1. The largest absolute Gasteiger partial charge is 0.493 e. The van der Waals surface area contributed by atoms with Gasteiger partial charge in [-0.05, 0) is 61.1 Å². The van der Waals surface area contributed by atoms with Crippen molar-refractivity contribution in [1.29, 1.82) is 0 Å². The smallest absolute Gasteiger partial charge is 0.415 e. The van der Waals surface area contributed by atoms with Crippen LogP contribution in [0.5, 0.6) is 17.2 Å². The van der Waals surface area contributed by atoms with Gasteiger partial charge in [0.15, 0.2) is 17.6 Å². The molecule has 0 aromatic heterocycles. The van der Waals surface area contributed by atoms with Crippen LogP contribution < -0.4 is 14.2 Å². The molecule has 1 unspecified atom stereocenters. The number of carboxylic acid groups (broad SMARTS) is 1. The van der Waals surface area contributed by atoms with E-state index in [1.54, 1.807) is 36.1 Å². The van der Waals surface area contributed by atoms with Gasteiger partial charge in [-0.25, -0.2) is 9.59 Å². The number of amides is 1. The zero-order valence-corrected chi connectivity index (χ0v) is 22.2. The average molecular weight is 502 g/mol. The van der Waals surface area contributed by atoms with E-state index in [1.165, 1.54) is 7.11 Å². The van der Waals surface area contributed by atoms with Gasteiger partial charge in [0.05, 0.1) is 13.7 Å². The van der Waals surface area contributed by atoms with E-state index < -0.39 is 18.2 Å². The summed E-state index contributed by atoms with van der Waals surface area (Å²) in [4.78, 5) is 26.0. The van der Waals surface area contributed by atoms with Crippen LogP contribution in [0.4, 0.5) is 4.79 Å². The third-order valence-electron chi connectivity index (χ3n) is 5.52. The number of aliphatic carboxylic acids is 1. The molecule has 2 aromatic rings. The van der Waals surface area contributed by atoms with E-state index in [-0.39, 0.29) is 18.4 Å². The number of carbonyl (C=O) groups excluding carboxylic acids is 1. The highest BCUT2D eigenvalue weighted by Crippen LogP contribution is 2.28. The Bertz CT molecular complexity index is 982. The summed E-state index contributed by atoms with van der Waals surface area (Å²) in [6.07, 6.45) is -0.265. The lowest BCUT2D eigenvalue weighted by Gasteiger charge is -2.26. The van der Waals surface area contributed by atoms with Gasteiger partial charge in [-0.3, -0.25) is 0 Å². The Morgan fingerprint density at radius 3 is 2.31 bits per heavy atom. The molecular formula is C28H39NO7. The van der Waals surface area contributed by atoms with Crippen LogP contribution in [0.15, 0.2) is 42.5 Å². The number of ether oxygens (including phenoxy) is 4. The quantitative estimate of drug-likeness (QED) is 0.395. The highest BCUT2D eigenvalue weighted by Gasteiger charge is 2.21. The summed E-state index contributed by atoms with van der Waals surface area (Å²) in [5.41, 5.74) is 1.85. The zero-order chi connectivity index (χ0) is 26.7. The molecule has 0 radical (unpaired) electrons. The second kappa shape index (κ2) is 13.7. The van der Waals surface area contributed by atoms with Gasteiger partial charge >= 0.3 is 12.1 Å². The molecule has 1 amide bonds. The molecule has 8 nitrogen and oxygen atoms in total. The van der Waals surface area contributed by atoms with Crippen LogP contribution in [-0.4, -0.2) is 61.6 Å². The van der Waals surface area contributed by atoms with Crippen LogP contribution in [0.25, 0.3) is 0 Å². The van der Waals surface area contributed by atoms with E-state index in [0.717, 1.165) is 17.5 Å². The molecule has 0 aliphatic heterocycles. The molecule has 198 valence electrons. The average Bonchev–Trinajstić information content (AvgIpc) is 2.81. The molecule has 2 aromatic carbocycles. The van der Waals surface area contributed by atoms with Crippen molar-refractivity contribution in [3.8, 4) is 17.2 Å². The van der Waals surface area contributed by atoms with Crippen molar-refractivity contribution >= 4 is 12.1 Å². The van der Waals surface area contributed by atoms with Crippen molar-refractivity contribution in [1.82, 2.24) is 4.90 Å². The van der Waals surface area contributed by atoms with Crippen LogP contribution >= 0.6 is 0 Å². The van der Waals surface area contributed by atoms with Gasteiger partial charge in [-0.2, -0.15) is 0 Å². The summed E-state index contributed by atoms with van der Waals surface area (Å²) in [5, 5.41) is 9.26. The fourth-order valence-electron chi connectivity index (χ4n) is 3.42. The van der Waals surface area contributed by atoms with Crippen molar-refractivity contribution in [2.45, 2.75) is 53.6 Å². The molecule has 0 heterocycles. The van der Waals surface area contributed by atoms with Gasteiger partial charge in [0.25, 0.3) is 0 Å². The number of carbonyl (C=O) groups is 2. The third-order valence-corrected chi connectivity index (χ3v) is 5.52. The van der Waals surface area contributed by atoms with Crippen molar-refractivity contribution in [2.75, 3.05) is 33.4 Å². The summed E-state index contributed by atoms with van der Waals surface area (Å²) in [7, 11) is 1.54. The Kier molecular flexibility index (Phi) is 11.0. The van der Waals surface area contributed by atoms with E-state index in [0.29, 0.717) is 36.9 Å². The normalized spacial score (nSPS) is 12.1. The van der Waals surface area contributed by atoms with Gasteiger partial charge in [-0.15, -0.1) is 0 Å². The molecule has 0 saturated carbocycles. The van der Waals surface area contributed by atoms with E-state index in [9.17, 15) is 14.7 Å². The number of rotatable bonds is 13. The number of nitrogens with zero attached hydrogens (tertiary/aromatic N) is 1. The molecule has 1 N–H and O–H groups in total. The maximum atomic E-state index is 13.0. The standard InChI is InChI=1S/C28H39NO7/c1-7-34-25(26(30)31)19-21-9-11-22(12-10-21)35-17-16-29(15-14-28(3,4)5)27(32)36-24-18-20(2)8-13-23(24)33-6/h8-13,18,25H,7,14-17,19H2,1-6H3,(H,30,31).